The summed E-state index contributed by atoms with van der Waals surface area (Å²) in [5.74, 6) is 0. The van der Waals surface area contributed by atoms with Crippen LogP contribution in [-0.2, 0) is 6.54 Å². The second-order valence-corrected chi connectivity index (χ2v) is 5.51. The topological polar surface area (TPSA) is 28.2 Å². The smallest absolute Gasteiger partial charge is 0.106 e. The zero-order valence-corrected chi connectivity index (χ0v) is 13.0. The van der Waals surface area contributed by atoms with Gasteiger partial charge < -0.3 is 10.2 Å². The van der Waals surface area contributed by atoms with Crippen LogP contribution in [0.25, 0.3) is 0 Å². The predicted octanol–water partition coefficient (Wildman–Crippen LogP) is 3.83. The molecule has 4 heteroatoms. The minimum atomic E-state index is 0.718. The molecular formula is C15H18BrN3. The van der Waals surface area contributed by atoms with E-state index in [2.05, 4.69) is 70.3 Å². The first-order valence-electron chi connectivity index (χ1n) is 6.19. The molecule has 100 valence electrons. The third-order valence-corrected chi connectivity index (χ3v) is 3.38. The Morgan fingerprint density at radius 2 is 2.00 bits per heavy atom. The lowest BCUT2D eigenvalue weighted by molar-refractivity contribution is 1.03. The fourth-order valence-electron chi connectivity index (χ4n) is 1.94. The normalized spacial score (nSPS) is 10.3. The van der Waals surface area contributed by atoms with Crippen molar-refractivity contribution in [1.29, 1.82) is 0 Å². The Labute approximate surface area is 122 Å². The Hall–Kier alpha value is -1.55. The molecule has 3 nitrogen and oxygen atoms in total. The van der Waals surface area contributed by atoms with E-state index in [1.807, 2.05) is 18.2 Å². The van der Waals surface area contributed by atoms with Crippen LogP contribution in [0, 0.1) is 6.92 Å². The van der Waals surface area contributed by atoms with Gasteiger partial charge in [-0.25, -0.2) is 4.98 Å². The van der Waals surface area contributed by atoms with Crippen LogP contribution in [0.4, 0.5) is 11.4 Å². The molecule has 19 heavy (non-hydrogen) atoms. The fourth-order valence-corrected chi connectivity index (χ4v) is 2.32. The maximum atomic E-state index is 4.41. The van der Waals surface area contributed by atoms with Gasteiger partial charge in [0.05, 0.1) is 12.2 Å². The quantitative estimate of drug-likeness (QED) is 0.868. The maximum absolute atomic E-state index is 4.41. The molecule has 0 aliphatic carbocycles. The number of aromatic nitrogens is 1. The molecule has 1 heterocycles. The number of benzene rings is 1. The molecule has 1 N–H and O–H groups in total. The van der Waals surface area contributed by atoms with Crippen molar-refractivity contribution in [2.45, 2.75) is 13.5 Å². The van der Waals surface area contributed by atoms with E-state index < -0.39 is 0 Å². The summed E-state index contributed by atoms with van der Waals surface area (Å²) in [4.78, 5) is 6.53. The van der Waals surface area contributed by atoms with E-state index in [1.165, 1.54) is 11.3 Å². The molecular weight excluding hydrogens is 302 g/mol. The van der Waals surface area contributed by atoms with Crippen LogP contribution >= 0.6 is 15.9 Å². The number of rotatable bonds is 4. The van der Waals surface area contributed by atoms with E-state index in [1.54, 1.807) is 0 Å². The largest absolute Gasteiger partial charge is 0.379 e. The lowest BCUT2D eigenvalue weighted by Gasteiger charge is -2.17. The lowest BCUT2D eigenvalue weighted by Crippen LogP contribution is -2.11. The number of nitrogens with zero attached hydrogens (tertiary/aromatic N) is 2. The first-order valence-corrected chi connectivity index (χ1v) is 6.99. The van der Waals surface area contributed by atoms with Crippen LogP contribution in [0.5, 0.6) is 0 Å². The van der Waals surface area contributed by atoms with Crippen molar-refractivity contribution in [3.8, 4) is 0 Å². The van der Waals surface area contributed by atoms with Gasteiger partial charge in [0.25, 0.3) is 0 Å². The second kappa shape index (κ2) is 6.06. The number of halogens is 1. The van der Waals surface area contributed by atoms with Crippen LogP contribution in [-0.4, -0.2) is 19.1 Å². The zero-order valence-electron chi connectivity index (χ0n) is 11.4. The molecule has 0 spiro atoms. The summed E-state index contributed by atoms with van der Waals surface area (Å²) in [5.41, 5.74) is 4.63. The van der Waals surface area contributed by atoms with Gasteiger partial charge in [-0.3, -0.25) is 0 Å². The Bertz CT molecular complexity index is 567. The third kappa shape index (κ3) is 3.70. The van der Waals surface area contributed by atoms with Crippen molar-refractivity contribution in [3.63, 3.8) is 0 Å². The Morgan fingerprint density at radius 1 is 1.21 bits per heavy atom. The molecule has 0 aliphatic heterocycles. The number of pyridine rings is 1. The monoisotopic (exact) mass is 319 g/mol. The molecule has 0 radical (unpaired) electrons. The van der Waals surface area contributed by atoms with E-state index in [0.29, 0.717) is 0 Å². The Balaban J connectivity index is 2.09. The van der Waals surface area contributed by atoms with Crippen molar-refractivity contribution in [2.75, 3.05) is 24.3 Å². The van der Waals surface area contributed by atoms with Gasteiger partial charge in [0, 0.05) is 25.5 Å². The van der Waals surface area contributed by atoms with Crippen LogP contribution < -0.4 is 10.2 Å². The molecule has 1 aromatic heterocycles. The first kappa shape index (κ1) is 13.9. The van der Waals surface area contributed by atoms with Gasteiger partial charge in [0.1, 0.15) is 4.60 Å². The third-order valence-electron chi connectivity index (χ3n) is 2.94. The fraction of sp³-hybridized carbons (Fsp3) is 0.267. The highest BCUT2D eigenvalue weighted by Gasteiger charge is 2.02. The Kier molecular flexibility index (Phi) is 4.43. The van der Waals surface area contributed by atoms with Gasteiger partial charge in [-0.05, 0) is 52.7 Å². The van der Waals surface area contributed by atoms with Crippen molar-refractivity contribution in [1.82, 2.24) is 4.98 Å². The van der Waals surface area contributed by atoms with Crippen molar-refractivity contribution in [2.24, 2.45) is 0 Å². The van der Waals surface area contributed by atoms with E-state index >= 15 is 0 Å². The number of nitrogens with one attached hydrogen (secondary N) is 1. The molecule has 0 saturated heterocycles. The molecule has 0 amide bonds. The number of aryl methyl sites for hydroxylation is 1. The van der Waals surface area contributed by atoms with Crippen LogP contribution in [0.15, 0.2) is 41.0 Å². The molecule has 2 aromatic rings. The summed E-state index contributed by atoms with van der Waals surface area (Å²) in [6.07, 6.45) is 0. The molecule has 1 aromatic carbocycles. The maximum Gasteiger partial charge on any atom is 0.106 e. The van der Waals surface area contributed by atoms with Crippen LogP contribution in [0.2, 0.25) is 0 Å². The second-order valence-electron chi connectivity index (χ2n) is 4.70. The molecule has 0 bridgehead atoms. The lowest BCUT2D eigenvalue weighted by atomic mass is 10.1. The predicted molar refractivity (Wildman–Crippen MR) is 84.8 cm³/mol. The first-order chi connectivity index (χ1) is 9.06. The summed E-state index contributed by atoms with van der Waals surface area (Å²) in [6, 6.07) is 12.3. The van der Waals surface area contributed by atoms with Crippen LogP contribution in [0.3, 0.4) is 0 Å². The zero-order chi connectivity index (χ0) is 13.8. The molecule has 0 aliphatic rings. The molecule has 0 atom stereocenters. The average Bonchev–Trinajstić information content (AvgIpc) is 2.37. The van der Waals surface area contributed by atoms with Crippen molar-refractivity contribution in [3.05, 3.63) is 52.3 Å². The minimum Gasteiger partial charge on any atom is -0.379 e. The average molecular weight is 320 g/mol. The highest BCUT2D eigenvalue weighted by molar-refractivity contribution is 9.10. The Morgan fingerprint density at radius 3 is 2.68 bits per heavy atom. The number of hydrogen-bond donors (Lipinski definition) is 1. The summed E-state index contributed by atoms with van der Waals surface area (Å²) < 4.78 is 0.865. The summed E-state index contributed by atoms with van der Waals surface area (Å²) >= 11 is 3.38. The summed E-state index contributed by atoms with van der Waals surface area (Å²) in [6.45, 7) is 2.84. The standard InChI is InChI=1S/C15H18BrN3/c1-11-7-8-12(9-14(11)19(2)3)17-10-13-5-4-6-15(16)18-13/h4-9,17H,10H2,1-3H3. The van der Waals surface area contributed by atoms with E-state index in [9.17, 15) is 0 Å². The minimum absolute atomic E-state index is 0.718. The molecule has 0 saturated carbocycles. The number of hydrogen-bond acceptors (Lipinski definition) is 3. The molecule has 2 rings (SSSR count). The van der Waals surface area contributed by atoms with Gasteiger partial charge in [-0.15, -0.1) is 0 Å². The van der Waals surface area contributed by atoms with E-state index in [-0.39, 0.29) is 0 Å². The van der Waals surface area contributed by atoms with E-state index in [0.717, 1.165) is 22.5 Å². The van der Waals surface area contributed by atoms with Gasteiger partial charge in [0.15, 0.2) is 0 Å². The molecule has 0 unspecified atom stereocenters. The highest BCUT2D eigenvalue weighted by Crippen LogP contribution is 2.22. The van der Waals surface area contributed by atoms with Gasteiger partial charge in [-0.1, -0.05) is 12.1 Å². The SMILES string of the molecule is Cc1ccc(NCc2cccc(Br)n2)cc1N(C)C. The number of anilines is 2. The van der Waals surface area contributed by atoms with Gasteiger partial charge in [0.2, 0.25) is 0 Å². The van der Waals surface area contributed by atoms with Gasteiger partial charge >= 0.3 is 0 Å². The summed E-state index contributed by atoms with van der Waals surface area (Å²) in [7, 11) is 4.12. The summed E-state index contributed by atoms with van der Waals surface area (Å²) in [5, 5.41) is 3.40. The molecule has 0 fully saturated rings. The van der Waals surface area contributed by atoms with E-state index in [4.69, 9.17) is 0 Å². The van der Waals surface area contributed by atoms with Gasteiger partial charge in [-0.2, -0.15) is 0 Å². The van der Waals surface area contributed by atoms with Crippen LogP contribution in [0.1, 0.15) is 11.3 Å². The van der Waals surface area contributed by atoms with Crippen molar-refractivity contribution < 1.29 is 0 Å². The highest BCUT2D eigenvalue weighted by atomic mass is 79.9. The van der Waals surface area contributed by atoms with Crippen molar-refractivity contribution >= 4 is 27.3 Å².